The van der Waals surface area contributed by atoms with E-state index in [1.165, 1.54) is 0 Å². The van der Waals surface area contributed by atoms with E-state index in [1.54, 1.807) is 0 Å². The van der Waals surface area contributed by atoms with Crippen LogP contribution < -0.4 is 21.3 Å². The number of nitrogens with zero attached hydrogens (tertiary/aromatic N) is 1. The van der Waals surface area contributed by atoms with Crippen LogP contribution in [0.25, 0.3) is 0 Å². The van der Waals surface area contributed by atoms with Crippen molar-refractivity contribution in [2.45, 2.75) is 13.5 Å². The van der Waals surface area contributed by atoms with E-state index < -0.39 is 0 Å². The molecule has 0 saturated heterocycles. The predicted octanol–water partition coefficient (Wildman–Crippen LogP) is 3.56. The summed E-state index contributed by atoms with van der Waals surface area (Å²) in [6.45, 7) is 4.76. The minimum atomic E-state index is -0.214. The van der Waals surface area contributed by atoms with Crippen molar-refractivity contribution in [1.82, 2.24) is 5.32 Å². The zero-order valence-corrected chi connectivity index (χ0v) is 15.3. The molecule has 0 heterocycles. The molecule has 0 bridgehead atoms. The molecule has 0 fully saturated rings. The number of urea groups is 1. The Kier molecular flexibility index (Phi) is 7.08. The number of halogens is 1. The van der Waals surface area contributed by atoms with Crippen LogP contribution in [0.2, 0.25) is 0 Å². The van der Waals surface area contributed by atoms with Crippen molar-refractivity contribution in [2.24, 2.45) is 5.73 Å². The molecular formula is C18H23BrN4O. The van der Waals surface area contributed by atoms with Gasteiger partial charge in [0.25, 0.3) is 0 Å². The van der Waals surface area contributed by atoms with Gasteiger partial charge < -0.3 is 21.3 Å². The van der Waals surface area contributed by atoms with Crippen molar-refractivity contribution >= 4 is 33.3 Å². The first-order chi connectivity index (χ1) is 11.6. The summed E-state index contributed by atoms with van der Waals surface area (Å²) in [6, 6.07) is 15.5. The maximum Gasteiger partial charge on any atom is 0.319 e. The summed E-state index contributed by atoms with van der Waals surface area (Å²) in [5.74, 6) is 0. The van der Waals surface area contributed by atoms with Crippen LogP contribution in [-0.2, 0) is 6.54 Å². The van der Waals surface area contributed by atoms with Gasteiger partial charge in [-0.15, -0.1) is 0 Å². The molecule has 0 aliphatic rings. The number of carbonyl (C=O) groups excluding carboxylic acids is 1. The summed E-state index contributed by atoms with van der Waals surface area (Å²) >= 11 is 3.41. The fraction of sp³-hybridized carbons (Fsp3) is 0.278. The first-order valence-electron chi connectivity index (χ1n) is 7.97. The molecule has 24 heavy (non-hydrogen) atoms. The van der Waals surface area contributed by atoms with Crippen LogP contribution in [0.4, 0.5) is 16.2 Å². The smallest absolute Gasteiger partial charge is 0.319 e. The molecule has 0 spiro atoms. The number of rotatable bonds is 7. The lowest BCUT2D eigenvalue weighted by Crippen LogP contribution is -2.37. The maximum absolute atomic E-state index is 12.0. The van der Waals surface area contributed by atoms with Gasteiger partial charge in [-0.25, -0.2) is 4.79 Å². The van der Waals surface area contributed by atoms with Crippen molar-refractivity contribution < 1.29 is 4.79 Å². The second kappa shape index (κ2) is 9.30. The molecule has 128 valence electrons. The van der Waals surface area contributed by atoms with Crippen molar-refractivity contribution in [3.8, 4) is 0 Å². The fourth-order valence-corrected chi connectivity index (χ4v) is 2.77. The summed E-state index contributed by atoms with van der Waals surface area (Å²) in [4.78, 5) is 14.2. The number of hydrogen-bond acceptors (Lipinski definition) is 3. The van der Waals surface area contributed by atoms with E-state index in [2.05, 4.69) is 50.5 Å². The van der Waals surface area contributed by atoms with Gasteiger partial charge in [0, 0.05) is 36.3 Å². The molecule has 2 aromatic carbocycles. The van der Waals surface area contributed by atoms with E-state index in [-0.39, 0.29) is 6.03 Å². The van der Waals surface area contributed by atoms with Gasteiger partial charge in [-0.3, -0.25) is 0 Å². The van der Waals surface area contributed by atoms with Gasteiger partial charge in [0.2, 0.25) is 0 Å². The molecule has 0 radical (unpaired) electrons. The number of para-hydroxylation sites is 1. The summed E-state index contributed by atoms with van der Waals surface area (Å²) < 4.78 is 0.855. The lowest BCUT2D eigenvalue weighted by molar-refractivity contribution is 0.252. The number of nitrogens with two attached hydrogens (primary N) is 1. The Labute approximate surface area is 151 Å². The number of nitrogens with one attached hydrogen (secondary N) is 2. The molecule has 0 saturated carbocycles. The summed E-state index contributed by atoms with van der Waals surface area (Å²) in [7, 11) is 0. The van der Waals surface area contributed by atoms with E-state index in [1.807, 2.05) is 36.4 Å². The highest BCUT2D eigenvalue weighted by Gasteiger charge is 2.07. The van der Waals surface area contributed by atoms with Gasteiger partial charge in [0.1, 0.15) is 0 Å². The van der Waals surface area contributed by atoms with Gasteiger partial charge in [-0.1, -0.05) is 24.3 Å². The van der Waals surface area contributed by atoms with E-state index in [0.29, 0.717) is 13.1 Å². The van der Waals surface area contributed by atoms with Crippen molar-refractivity contribution in [3.05, 3.63) is 58.6 Å². The summed E-state index contributed by atoms with van der Waals surface area (Å²) in [6.07, 6.45) is 0. The molecule has 0 aromatic heterocycles. The van der Waals surface area contributed by atoms with Crippen LogP contribution in [0.3, 0.4) is 0 Å². The van der Waals surface area contributed by atoms with Crippen LogP contribution >= 0.6 is 15.9 Å². The Hall–Kier alpha value is -2.05. The molecule has 6 heteroatoms. The summed E-state index contributed by atoms with van der Waals surface area (Å²) in [5.41, 5.74) is 8.67. The van der Waals surface area contributed by atoms with Gasteiger partial charge in [-0.2, -0.15) is 0 Å². The predicted molar refractivity (Wildman–Crippen MR) is 103 cm³/mol. The molecule has 2 aromatic rings. The minimum absolute atomic E-state index is 0.214. The number of benzene rings is 2. The monoisotopic (exact) mass is 390 g/mol. The highest BCUT2D eigenvalue weighted by molar-refractivity contribution is 9.10. The first-order valence-corrected chi connectivity index (χ1v) is 8.76. The topological polar surface area (TPSA) is 70.4 Å². The average Bonchev–Trinajstić information content (AvgIpc) is 2.61. The third kappa shape index (κ3) is 5.25. The Bertz CT molecular complexity index is 678. The highest BCUT2D eigenvalue weighted by Crippen LogP contribution is 2.20. The molecule has 0 aliphatic carbocycles. The minimum Gasteiger partial charge on any atom is -0.370 e. The zero-order chi connectivity index (χ0) is 17.4. The number of hydrogen-bond donors (Lipinski definition) is 3. The van der Waals surface area contributed by atoms with Crippen molar-refractivity contribution in [3.63, 3.8) is 0 Å². The average molecular weight is 391 g/mol. The van der Waals surface area contributed by atoms with Crippen LogP contribution in [-0.4, -0.2) is 25.7 Å². The van der Waals surface area contributed by atoms with Gasteiger partial charge in [-0.05, 0) is 52.7 Å². The lowest BCUT2D eigenvalue weighted by Gasteiger charge is -2.24. The van der Waals surface area contributed by atoms with Crippen molar-refractivity contribution in [2.75, 3.05) is 29.9 Å². The van der Waals surface area contributed by atoms with Gasteiger partial charge in [0.05, 0.1) is 5.69 Å². The Morgan fingerprint density at radius 2 is 2.00 bits per heavy atom. The second-order valence-corrected chi connectivity index (χ2v) is 6.17. The standard InChI is InChI=1S/C18H23BrN4O/c1-2-23(15-7-5-6-14(12-15)13-20)11-10-21-18(24)22-17-9-4-3-8-16(17)19/h3-9,12H,2,10-11,13,20H2,1H3,(H2,21,22,24). The molecule has 4 N–H and O–H groups in total. The Balaban J connectivity index is 1.85. The highest BCUT2D eigenvalue weighted by atomic mass is 79.9. The molecule has 0 aliphatic heterocycles. The van der Waals surface area contributed by atoms with Crippen molar-refractivity contribution in [1.29, 1.82) is 0 Å². The molecule has 5 nitrogen and oxygen atoms in total. The molecular weight excluding hydrogens is 368 g/mol. The van der Waals surface area contributed by atoms with Crippen LogP contribution in [0.15, 0.2) is 53.0 Å². The van der Waals surface area contributed by atoms with E-state index in [4.69, 9.17) is 5.73 Å². The quantitative estimate of drug-likeness (QED) is 0.676. The van der Waals surface area contributed by atoms with Gasteiger partial charge >= 0.3 is 6.03 Å². The number of carbonyl (C=O) groups is 1. The van der Waals surface area contributed by atoms with E-state index >= 15 is 0 Å². The second-order valence-electron chi connectivity index (χ2n) is 5.31. The molecule has 0 unspecified atom stereocenters. The fourth-order valence-electron chi connectivity index (χ4n) is 2.38. The SMILES string of the molecule is CCN(CCNC(=O)Nc1ccccc1Br)c1cccc(CN)c1. The molecule has 2 rings (SSSR count). The van der Waals surface area contributed by atoms with Crippen LogP contribution in [0.1, 0.15) is 12.5 Å². The van der Waals surface area contributed by atoms with Gasteiger partial charge in [0.15, 0.2) is 0 Å². The van der Waals surface area contributed by atoms with E-state index in [9.17, 15) is 4.79 Å². The molecule has 2 amide bonds. The maximum atomic E-state index is 12.0. The Morgan fingerprint density at radius 1 is 1.21 bits per heavy atom. The molecule has 0 atom stereocenters. The summed E-state index contributed by atoms with van der Waals surface area (Å²) in [5, 5.41) is 5.71. The third-order valence-corrected chi connectivity index (χ3v) is 4.37. The number of likely N-dealkylation sites (N-methyl/N-ethyl adjacent to an activating group) is 1. The number of anilines is 2. The first kappa shape index (κ1) is 18.3. The lowest BCUT2D eigenvalue weighted by atomic mass is 10.2. The third-order valence-electron chi connectivity index (χ3n) is 3.68. The normalized spacial score (nSPS) is 10.3. The van der Waals surface area contributed by atoms with E-state index in [0.717, 1.165) is 34.5 Å². The largest absolute Gasteiger partial charge is 0.370 e. The Morgan fingerprint density at radius 3 is 2.71 bits per heavy atom. The van der Waals surface area contributed by atoms with Crippen LogP contribution in [0, 0.1) is 0 Å². The van der Waals surface area contributed by atoms with Crippen LogP contribution in [0.5, 0.6) is 0 Å². The zero-order valence-electron chi connectivity index (χ0n) is 13.8. The number of amides is 2.